The van der Waals surface area contributed by atoms with Gasteiger partial charge in [-0.15, -0.1) is 0 Å². The predicted molar refractivity (Wildman–Crippen MR) is 77.8 cm³/mol. The molecule has 20 heavy (non-hydrogen) atoms. The molecule has 1 N–H and O–H groups in total. The Hall–Kier alpha value is -1.55. The molecule has 0 aromatic heterocycles. The summed E-state index contributed by atoms with van der Waals surface area (Å²) >= 11 is 0. The van der Waals surface area contributed by atoms with Crippen molar-refractivity contribution in [2.75, 3.05) is 19.8 Å². The summed E-state index contributed by atoms with van der Waals surface area (Å²) in [5.41, 5.74) is 2.25. The van der Waals surface area contributed by atoms with E-state index >= 15 is 0 Å². The van der Waals surface area contributed by atoms with E-state index in [-0.39, 0.29) is 25.2 Å². The van der Waals surface area contributed by atoms with Crippen molar-refractivity contribution in [3.63, 3.8) is 0 Å². The lowest BCUT2D eigenvalue weighted by Crippen LogP contribution is -2.47. The van der Waals surface area contributed by atoms with Gasteiger partial charge in [-0.05, 0) is 56.4 Å². The van der Waals surface area contributed by atoms with Crippen LogP contribution in [0.5, 0.6) is 5.75 Å². The second-order valence-electron chi connectivity index (χ2n) is 5.51. The van der Waals surface area contributed by atoms with E-state index in [1.165, 1.54) is 0 Å². The van der Waals surface area contributed by atoms with E-state index < -0.39 is 0 Å². The highest BCUT2D eigenvalue weighted by Crippen LogP contribution is 2.25. The first-order valence-electron chi connectivity index (χ1n) is 7.21. The average Bonchev–Trinajstić information content (AvgIpc) is 2.32. The Labute approximate surface area is 120 Å². The van der Waals surface area contributed by atoms with Crippen molar-refractivity contribution in [3.8, 4) is 5.75 Å². The number of amides is 1. The van der Waals surface area contributed by atoms with Crippen LogP contribution in [-0.4, -0.2) is 41.7 Å². The van der Waals surface area contributed by atoms with Crippen LogP contribution in [0.2, 0.25) is 0 Å². The Morgan fingerprint density at radius 2 is 1.95 bits per heavy atom. The Morgan fingerprint density at radius 1 is 1.30 bits per heavy atom. The maximum Gasteiger partial charge on any atom is 0.260 e. The number of nitrogens with zero attached hydrogens (tertiary/aromatic N) is 1. The van der Waals surface area contributed by atoms with Crippen LogP contribution in [0.1, 0.15) is 30.4 Å². The van der Waals surface area contributed by atoms with Gasteiger partial charge in [-0.3, -0.25) is 4.79 Å². The Kier molecular flexibility index (Phi) is 5.01. The van der Waals surface area contributed by atoms with Gasteiger partial charge in [0.1, 0.15) is 5.75 Å². The number of ether oxygens (including phenoxy) is 1. The van der Waals surface area contributed by atoms with Gasteiger partial charge in [0.2, 0.25) is 0 Å². The van der Waals surface area contributed by atoms with Gasteiger partial charge in [-0.1, -0.05) is 6.07 Å². The maximum absolute atomic E-state index is 12.2. The minimum atomic E-state index is -0.0390. The number of aryl methyl sites for hydroxylation is 2. The fraction of sp³-hybridized carbons (Fsp3) is 0.562. The van der Waals surface area contributed by atoms with E-state index in [0.29, 0.717) is 6.54 Å². The van der Waals surface area contributed by atoms with Gasteiger partial charge in [-0.2, -0.15) is 0 Å². The number of carbonyl (C=O) groups excluding carboxylic acids is 1. The minimum Gasteiger partial charge on any atom is -0.484 e. The number of benzene rings is 1. The van der Waals surface area contributed by atoms with Crippen molar-refractivity contribution in [1.29, 1.82) is 0 Å². The number of carbonyl (C=O) groups is 1. The largest absolute Gasteiger partial charge is 0.484 e. The van der Waals surface area contributed by atoms with Crippen molar-refractivity contribution < 1.29 is 14.6 Å². The SMILES string of the molecule is Cc1cc(C)cc(OCC(=O)N(CCO)C2CCC2)c1. The van der Waals surface area contributed by atoms with Gasteiger partial charge in [0.25, 0.3) is 5.91 Å². The molecule has 4 nitrogen and oxygen atoms in total. The summed E-state index contributed by atoms with van der Waals surface area (Å²) in [5.74, 6) is 0.691. The average molecular weight is 277 g/mol. The molecule has 0 saturated heterocycles. The molecule has 0 bridgehead atoms. The molecule has 0 atom stereocenters. The zero-order valence-corrected chi connectivity index (χ0v) is 12.3. The number of hydrogen-bond donors (Lipinski definition) is 1. The lowest BCUT2D eigenvalue weighted by atomic mass is 9.91. The molecule has 0 spiro atoms. The third-order valence-electron chi connectivity index (χ3n) is 3.73. The molecule has 0 aliphatic heterocycles. The zero-order valence-electron chi connectivity index (χ0n) is 12.3. The van der Waals surface area contributed by atoms with Crippen LogP contribution >= 0.6 is 0 Å². The van der Waals surface area contributed by atoms with Crippen LogP contribution in [0.15, 0.2) is 18.2 Å². The van der Waals surface area contributed by atoms with Crippen molar-refractivity contribution in [2.45, 2.75) is 39.2 Å². The number of hydrogen-bond acceptors (Lipinski definition) is 3. The number of rotatable bonds is 6. The first kappa shape index (κ1) is 14.9. The molecule has 2 rings (SSSR count). The topological polar surface area (TPSA) is 49.8 Å². The van der Waals surface area contributed by atoms with Gasteiger partial charge in [0.05, 0.1) is 6.61 Å². The molecule has 1 amide bonds. The molecule has 0 unspecified atom stereocenters. The highest BCUT2D eigenvalue weighted by atomic mass is 16.5. The molecule has 1 saturated carbocycles. The molecule has 0 heterocycles. The molecular formula is C16H23NO3. The number of aliphatic hydroxyl groups excluding tert-OH is 1. The fourth-order valence-corrected chi connectivity index (χ4v) is 2.56. The Morgan fingerprint density at radius 3 is 2.45 bits per heavy atom. The van der Waals surface area contributed by atoms with Crippen molar-refractivity contribution in [1.82, 2.24) is 4.90 Å². The summed E-state index contributed by atoms with van der Waals surface area (Å²) in [6.07, 6.45) is 3.24. The summed E-state index contributed by atoms with van der Waals surface area (Å²) in [4.78, 5) is 14.0. The Balaban J connectivity index is 1.92. The van der Waals surface area contributed by atoms with Gasteiger partial charge >= 0.3 is 0 Å². The third kappa shape index (κ3) is 3.73. The molecule has 1 aliphatic carbocycles. The monoisotopic (exact) mass is 277 g/mol. The van der Waals surface area contributed by atoms with E-state index in [4.69, 9.17) is 9.84 Å². The fourth-order valence-electron chi connectivity index (χ4n) is 2.56. The van der Waals surface area contributed by atoms with E-state index in [1.807, 2.05) is 26.0 Å². The van der Waals surface area contributed by atoms with Gasteiger partial charge in [0.15, 0.2) is 6.61 Å². The molecule has 4 heteroatoms. The molecular weight excluding hydrogens is 254 g/mol. The van der Waals surface area contributed by atoms with Crippen LogP contribution in [0.4, 0.5) is 0 Å². The molecule has 0 radical (unpaired) electrons. The van der Waals surface area contributed by atoms with Crippen LogP contribution in [0.3, 0.4) is 0 Å². The summed E-state index contributed by atoms with van der Waals surface area (Å²) in [5, 5.41) is 9.08. The smallest absolute Gasteiger partial charge is 0.260 e. The molecule has 1 fully saturated rings. The lowest BCUT2D eigenvalue weighted by molar-refractivity contribution is -0.138. The second kappa shape index (κ2) is 6.75. The predicted octanol–water partition coefficient (Wildman–Crippen LogP) is 2.06. The summed E-state index contributed by atoms with van der Waals surface area (Å²) in [6, 6.07) is 6.22. The van der Waals surface area contributed by atoms with Crippen molar-refractivity contribution >= 4 is 5.91 Å². The highest BCUT2D eigenvalue weighted by Gasteiger charge is 2.28. The maximum atomic E-state index is 12.2. The normalized spacial score (nSPS) is 14.8. The molecule has 1 aromatic carbocycles. The highest BCUT2D eigenvalue weighted by molar-refractivity contribution is 5.78. The minimum absolute atomic E-state index is 0.00575. The summed E-state index contributed by atoms with van der Waals surface area (Å²) < 4.78 is 5.60. The van der Waals surface area contributed by atoms with Crippen LogP contribution in [0, 0.1) is 13.8 Å². The summed E-state index contributed by atoms with van der Waals surface area (Å²) in [6.45, 7) is 4.47. The Bertz CT molecular complexity index is 449. The van der Waals surface area contributed by atoms with Crippen molar-refractivity contribution in [3.05, 3.63) is 29.3 Å². The third-order valence-corrected chi connectivity index (χ3v) is 3.73. The molecule has 1 aliphatic rings. The molecule has 110 valence electrons. The quantitative estimate of drug-likeness (QED) is 0.866. The first-order chi connectivity index (χ1) is 9.60. The van der Waals surface area contributed by atoms with Crippen molar-refractivity contribution in [2.24, 2.45) is 0 Å². The second-order valence-corrected chi connectivity index (χ2v) is 5.51. The zero-order chi connectivity index (χ0) is 14.5. The van der Waals surface area contributed by atoms with E-state index in [9.17, 15) is 4.79 Å². The van der Waals surface area contributed by atoms with Crippen LogP contribution in [-0.2, 0) is 4.79 Å². The molecule has 1 aromatic rings. The first-order valence-corrected chi connectivity index (χ1v) is 7.21. The van der Waals surface area contributed by atoms with E-state index in [0.717, 1.165) is 36.1 Å². The lowest BCUT2D eigenvalue weighted by Gasteiger charge is -2.37. The van der Waals surface area contributed by atoms with Crippen LogP contribution < -0.4 is 4.74 Å². The van der Waals surface area contributed by atoms with Gasteiger partial charge in [-0.25, -0.2) is 0 Å². The number of aliphatic hydroxyl groups is 1. The standard InChI is InChI=1S/C16H23NO3/c1-12-8-13(2)10-15(9-12)20-11-16(19)17(6-7-18)14-4-3-5-14/h8-10,14,18H,3-7,11H2,1-2H3. The summed E-state index contributed by atoms with van der Waals surface area (Å²) in [7, 11) is 0. The van der Waals surface area contributed by atoms with Crippen LogP contribution in [0.25, 0.3) is 0 Å². The van der Waals surface area contributed by atoms with E-state index in [2.05, 4.69) is 6.07 Å². The van der Waals surface area contributed by atoms with Gasteiger partial charge < -0.3 is 14.7 Å². The van der Waals surface area contributed by atoms with E-state index in [1.54, 1.807) is 4.90 Å². The van der Waals surface area contributed by atoms with Gasteiger partial charge in [0, 0.05) is 12.6 Å².